The number of amides is 1. The number of hydrogen-bond acceptors (Lipinski definition) is 5. The Hall–Kier alpha value is -2.90. The number of hydrogen-bond donors (Lipinski definition) is 1. The Bertz CT molecular complexity index is 642. The molecule has 0 aliphatic carbocycles. The number of esters is 1. The van der Waals surface area contributed by atoms with E-state index < -0.39 is 25.1 Å². The lowest BCUT2D eigenvalue weighted by molar-refractivity contribution is -0.119. The molecule has 0 saturated heterocycles. The average molecular weight is 311 g/mol. The van der Waals surface area contributed by atoms with Crippen LogP contribution < -0.4 is 10.1 Å². The van der Waals surface area contributed by atoms with Gasteiger partial charge in [-0.15, -0.1) is 0 Å². The second-order valence-corrected chi connectivity index (χ2v) is 3.98. The van der Waals surface area contributed by atoms with Crippen LogP contribution in [0.1, 0.15) is 10.6 Å². The molecule has 6 nitrogen and oxygen atoms in total. The van der Waals surface area contributed by atoms with E-state index in [9.17, 15) is 18.4 Å². The summed E-state index contributed by atoms with van der Waals surface area (Å²) in [5, 5.41) is 2.31. The second kappa shape index (κ2) is 7.21. The Labute approximate surface area is 123 Å². The van der Waals surface area contributed by atoms with Crippen LogP contribution in [0.15, 0.2) is 47.1 Å². The molecule has 8 heteroatoms. The number of benzene rings is 1. The molecule has 0 radical (unpaired) electrons. The van der Waals surface area contributed by atoms with Gasteiger partial charge in [-0.2, -0.15) is 8.78 Å². The van der Waals surface area contributed by atoms with Gasteiger partial charge in [-0.05, 0) is 24.3 Å². The minimum atomic E-state index is -3.02. The number of carbonyl (C=O) groups is 2. The normalized spacial score (nSPS) is 10.3. The Balaban J connectivity index is 1.91. The fourth-order valence-electron chi connectivity index (χ4n) is 1.55. The van der Waals surface area contributed by atoms with E-state index in [2.05, 4.69) is 10.1 Å². The lowest BCUT2D eigenvalue weighted by Crippen LogP contribution is -2.21. The summed E-state index contributed by atoms with van der Waals surface area (Å²) in [7, 11) is 0. The van der Waals surface area contributed by atoms with Gasteiger partial charge in [0.05, 0.1) is 12.0 Å². The van der Waals surface area contributed by atoms with E-state index >= 15 is 0 Å². The van der Waals surface area contributed by atoms with Crippen molar-refractivity contribution in [1.29, 1.82) is 0 Å². The number of halogens is 2. The Morgan fingerprint density at radius 2 is 1.95 bits per heavy atom. The van der Waals surface area contributed by atoms with Gasteiger partial charge in [-0.25, -0.2) is 4.79 Å². The summed E-state index contributed by atoms with van der Waals surface area (Å²) in [6.07, 6.45) is 1.29. The number of nitrogens with one attached hydrogen (secondary N) is 1. The number of para-hydroxylation sites is 2. The van der Waals surface area contributed by atoms with Gasteiger partial charge in [-0.3, -0.25) is 4.79 Å². The fourth-order valence-corrected chi connectivity index (χ4v) is 1.55. The summed E-state index contributed by atoms with van der Waals surface area (Å²) in [6.45, 7) is -3.61. The largest absolute Gasteiger partial charge is 0.457 e. The highest BCUT2D eigenvalue weighted by molar-refractivity contribution is 5.95. The maximum absolute atomic E-state index is 12.2. The third kappa shape index (κ3) is 4.30. The van der Waals surface area contributed by atoms with Gasteiger partial charge in [0.15, 0.2) is 6.61 Å². The van der Waals surface area contributed by atoms with Crippen LogP contribution in [0.2, 0.25) is 0 Å². The van der Waals surface area contributed by atoms with Gasteiger partial charge in [0.25, 0.3) is 5.91 Å². The van der Waals surface area contributed by atoms with Gasteiger partial charge in [0.1, 0.15) is 5.75 Å². The van der Waals surface area contributed by atoms with E-state index in [0.29, 0.717) is 0 Å². The van der Waals surface area contributed by atoms with Crippen LogP contribution in [0.4, 0.5) is 14.5 Å². The molecule has 2 aromatic rings. The molecule has 22 heavy (non-hydrogen) atoms. The van der Waals surface area contributed by atoms with E-state index in [1.807, 2.05) is 0 Å². The van der Waals surface area contributed by atoms with Gasteiger partial charge < -0.3 is 19.2 Å². The second-order valence-electron chi connectivity index (χ2n) is 3.98. The molecule has 1 heterocycles. The van der Waals surface area contributed by atoms with E-state index in [4.69, 9.17) is 9.15 Å². The van der Waals surface area contributed by atoms with Crippen molar-refractivity contribution in [3.05, 3.63) is 48.4 Å². The molecule has 0 unspecified atom stereocenters. The van der Waals surface area contributed by atoms with Crippen molar-refractivity contribution in [3.8, 4) is 5.75 Å². The van der Waals surface area contributed by atoms with Gasteiger partial charge in [-0.1, -0.05) is 12.1 Å². The summed E-state index contributed by atoms with van der Waals surface area (Å²) in [5.74, 6) is -1.75. The maximum atomic E-state index is 12.2. The van der Waals surface area contributed by atoms with Gasteiger partial charge in [0.2, 0.25) is 5.76 Å². The zero-order chi connectivity index (χ0) is 15.9. The predicted octanol–water partition coefficient (Wildman–Crippen LogP) is 2.68. The predicted molar refractivity (Wildman–Crippen MR) is 70.7 cm³/mol. The summed E-state index contributed by atoms with van der Waals surface area (Å²) in [4.78, 5) is 23.1. The third-order valence-corrected chi connectivity index (χ3v) is 2.43. The molecule has 0 spiro atoms. The van der Waals surface area contributed by atoms with Crippen molar-refractivity contribution in [2.75, 3.05) is 11.9 Å². The summed E-state index contributed by atoms with van der Waals surface area (Å²) in [5.41, 5.74) is 0.0434. The van der Waals surface area contributed by atoms with Crippen LogP contribution in [0.5, 0.6) is 5.75 Å². The summed E-state index contributed by atoms with van der Waals surface area (Å²) in [6, 6.07) is 8.54. The number of alkyl halides is 2. The van der Waals surface area contributed by atoms with Crippen LogP contribution >= 0.6 is 0 Å². The molecule has 1 amide bonds. The van der Waals surface area contributed by atoms with Crippen LogP contribution in [0.3, 0.4) is 0 Å². The number of ether oxygens (including phenoxy) is 2. The zero-order valence-corrected chi connectivity index (χ0v) is 11.1. The molecule has 0 saturated carbocycles. The highest BCUT2D eigenvalue weighted by Crippen LogP contribution is 2.25. The van der Waals surface area contributed by atoms with Crippen molar-refractivity contribution >= 4 is 17.6 Å². The van der Waals surface area contributed by atoms with Crippen LogP contribution in [-0.4, -0.2) is 25.1 Å². The molecule has 0 bridgehead atoms. The first-order chi connectivity index (χ1) is 10.6. The third-order valence-electron chi connectivity index (χ3n) is 2.43. The van der Waals surface area contributed by atoms with E-state index in [1.165, 1.54) is 42.7 Å². The van der Waals surface area contributed by atoms with E-state index in [1.54, 1.807) is 0 Å². The summed E-state index contributed by atoms with van der Waals surface area (Å²) < 4.78 is 38.2. The molecule has 0 aliphatic rings. The number of furan rings is 1. The van der Waals surface area contributed by atoms with Gasteiger partial charge >= 0.3 is 12.6 Å². The molecule has 0 atom stereocenters. The first kappa shape index (κ1) is 15.5. The molecular weight excluding hydrogens is 300 g/mol. The van der Waals surface area contributed by atoms with Crippen molar-refractivity contribution < 1.29 is 32.3 Å². The fraction of sp³-hybridized carbons (Fsp3) is 0.143. The minimum absolute atomic E-state index is 0.0434. The summed E-state index contributed by atoms with van der Waals surface area (Å²) >= 11 is 0. The van der Waals surface area contributed by atoms with Crippen molar-refractivity contribution in [1.82, 2.24) is 0 Å². The average Bonchev–Trinajstić information content (AvgIpc) is 3.00. The Morgan fingerprint density at radius 1 is 1.18 bits per heavy atom. The first-order valence-electron chi connectivity index (χ1n) is 6.10. The quantitative estimate of drug-likeness (QED) is 0.830. The van der Waals surface area contributed by atoms with Crippen molar-refractivity contribution in [2.45, 2.75) is 6.61 Å². The number of anilines is 1. The molecule has 2 rings (SSSR count). The SMILES string of the molecule is O=C(COC(=O)c1ccco1)Nc1ccccc1OC(F)F. The molecule has 116 valence electrons. The van der Waals surface area contributed by atoms with E-state index in [0.717, 1.165) is 0 Å². The maximum Gasteiger partial charge on any atom is 0.387 e. The molecule has 1 aromatic heterocycles. The van der Waals surface area contributed by atoms with Crippen LogP contribution in [0.25, 0.3) is 0 Å². The molecule has 1 aromatic carbocycles. The highest BCUT2D eigenvalue weighted by Gasteiger charge is 2.15. The topological polar surface area (TPSA) is 77.8 Å². The number of rotatable bonds is 6. The van der Waals surface area contributed by atoms with Crippen molar-refractivity contribution in [2.24, 2.45) is 0 Å². The smallest absolute Gasteiger partial charge is 0.387 e. The molecule has 1 N–H and O–H groups in total. The van der Waals surface area contributed by atoms with Crippen molar-refractivity contribution in [3.63, 3.8) is 0 Å². The first-order valence-corrected chi connectivity index (χ1v) is 6.10. The lowest BCUT2D eigenvalue weighted by Gasteiger charge is -2.11. The lowest BCUT2D eigenvalue weighted by atomic mass is 10.3. The molecule has 0 fully saturated rings. The zero-order valence-electron chi connectivity index (χ0n) is 11.1. The standard InChI is InChI=1S/C14H11F2NO5/c15-14(16)22-10-5-2-1-4-9(10)17-12(18)8-21-13(19)11-6-3-7-20-11/h1-7,14H,8H2,(H,17,18). The Morgan fingerprint density at radius 3 is 2.64 bits per heavy atom. The highest BCUT2D eigenvalue weighted by atomic mass is 19.3. The number of carbonyl (C=O) groups excluding carboxylic acids is 2. The minimum Gasteiger partial charge on any atom is -0.457 e. The Kier molecular flexibility index (Phi) is 5.07. The monoisotopic (exact) mass is 311 g/mol. The van der Waals surface area contributed by atoms with Gasteiger partial charge in [0, 0.05) is 0 Å². The van der Waals surface area contributed by atoms with E-state index in [-0.39, 0.29) is 17.2 Å². The molecule has 0 aliphatic heterocycles. The van der Waals surface area contributed by atoms with Crippen LogP contribution in [-0.2, 0) is 9.53 Å². The van der Waals surface area contributed by atoms with Crippen LogP contribution in [0, 0.1) is 0 Å². The molecular formula is C14H11F2NO5.